The van der Waals surface area contributed by atoms with Gasteiger partial charge in [0.25, 0.3) is 0 Å². The molecule has 0 saturated carbocycles. The van der Waals surface area contributed by atoms with Crippen molar-refractivity contribution in [3.05, 3.63) is 53.0 Å². The maximum Gasteiger partial charge on any atom is 0.163 e. The number of nitrogens with zero attached hydrogens (tertiary/aromatic N) is 3. The van der Waals surface area contributed by atoms with E-state index >= 15 is 0 Å². The smallest absolute Gasteiger partial charge is 0.163 e. The second kappa shape index (κ2) is 5.91. The third-order valence-electron chi connectivity index (χ3n) is 2.78. The van der Waals surface area contributed by atoms with E-state index in [9.17, 15) is 4.39 Å². The molecule has 0 aliphatic carbocycles. The summed E-state index contributed by atoms with van der Waals surface area (Å²) in [5, 5.41) is 19.3. The Bertz CT molecular complexity index is 602. The van der Waals surface area contributed by atoms with E-state index in [4.69, 9.17) is 5.26 Å². The monoisotopic (exact) mass is 256 g/mol. The first kappa shape index (κ1) is 13.0. The number of hydrogen-bond donors (Lipinski definition) is 1. The Balaban J connectivity index is 1.91. The number of aromatic nitrogens is 2. The number of anilines is 1. The first-order valence-electron chi connectivity index (χ1n) is 5.92. The lowest BCUT2D eigenvalue weighted by atomic mass is 10.1. The van der Waals surface area contributed by atoms with E-state index < -0.39 is 0 Å². The highest BCUT2D eigenvalue weighted by Crippen LogP contribution is 2.11. The molecule has 0 bridgehead atoms. The number of nitrogens with one attached hydrogen (secondary N) is 1. The largest absolute Gasteiger partial charge is 0.368 e. The summed E-state index contributed by atoms with van der Waals surface area (Å²) in [7, 11) is 0. The number of aryl methyl sites for hydroxylation is 1. The van der Waals surface area contributed by atoms with Gasteiger partial charge in [-0.25, -0.2) is 4.39 Å². The van der Waals surface area contributed by atoms with Gasteiger partial charge in [0.05, 0.1) is 0 Å². The van der Waals surface area contributed by atoms with Crippen molar-refractivity contribution in [1.29, 1.82) is 5.26 Å². The molecule has 0 atom stereocenters. The van der Waals surface area contributed by atoms with Gasteiger partial charge in [0, 0.05) is 6.54 Å². The lowest BCUT2D eigenvalue weighted by molar-refractivity contribution is 0.625. The summed E-state index contributed by atoms with van der Waals surface area (Å²) in [6.07, 6.45) is 0.772. The van der Waals surface area contributed by atoms with Crippen LogP contribution < -0.4 is 5.32 Å². The summed E-state index contributed by atoms with van der Waals surface area (Å²) >= 11 is 0. The molecular formula is C14H13FN4. The lowest BCUT2D eigenvalue weighted by Gasteiger charge is -2.07. The third-order valence-corrected chi connectivity index (χ3v) is 2.78. The molecule has 1 aromatic carbocycles. The highest BCUT2D eigenvalue weighted by molar-refractivity contribution is 5.36. The summed E-state index contributed by atoms with van der Waals surface area (Å²) in [6, 6.07) is 10.0. The van der Waals surface area contributed by atoms with Crippen LogP contribution >= 0.6 is 0 Å². The van der Waals surface area contributed by atoms with Crippen molar-refractivity contribution in [2.75, 3.05) is 11.9 Å². The van der Waals surface area contributed by atoms with E-state index in [0.717, 1.165) is 17.5 Å². The number of halogens is 1. The van der Waals surface area contributed by atoms with E-state index in [2.05, 4.69) is 15.5 Å². The van der Waals surface area contributed by atoms with Gasteiger partial charge in [-0.1, -0.05) is 6.07 Å². The summed E-state index contributed by atoms with van der Waals surface area (Å²) in [5.74, 6) is 0.408. The van der Waals surface area contributed by atoms with E-state index in [1.54, 1.807) is 18.2 Å². The van der Waals surface area contributed by atoms with Crippen molar-refractivity contribution in [2.45, 2.75) is 13.3 Å². The molecule has 0 aliphatic rings. The fourth-order valence-corrected chi connectivity index (χ4v) is 1.75. The number of benzene rings is 1. The Labute approximate surface area is 110 Å². The quantitative estimate of drug-likeness (QED) is 0.912. The average molecular weight is 256 g/mol. The van der Waals surface area contributed by atoms with Gasteiger partial charge in [-0.15, -0.1) is 10.2 Å². The number of hydrogen-bond acceptors (Lipinski definition) is 4. The lowest BCUT2D eigenvalue weighted by Crippen LogP contribution is -2.08. The molecule has 1 N–H and O–H groups in total. The van der Waals surface area contributed by atoms with Crippen LogP contribution in [0.5, 0.6) is 0 Å². The van der Waals surface area contributed by atoms with Gasteiger partial charge in [0.15, 0.2) is 5.69 Å². The normalized spacial score (nSPS) is 9.95. The molecule has 19 heavy (non-hydrogen) atoms. The van der Waals surface area contributed by atoms with Crippen LogP contribution in [0.25, 0.3) is 0 Å². The average Bonchev–Trinajstić information content (AvgIpc) is 2.42. The van der Waals surface area contributed by atoms with Crippen molar-refractivity contribution in [2.24, 2.45) is 0 Å². The molecule has 2 aromatic rings. The molecule has 1 heterocycles. The summed E-state index contributed by atoms with van der Waals surface area (Å²) < 4.78 is 12.9. The van der Waals surface area contributed by atoms with Crippen LogP contribution in [-0.4, -0.2) is 16.7 Å². The van der Waals surface area contributed by atoms with Crippen LogP contribution in [0.15, 0.2) is 30.3 Å². The first-order valence-corrected chi connectivity index (χ1v) is 5.92. The van der Waals surface area contributed by atoms with Crippen LogP contribution in [0.3, 0.4) is 0 Å². The first-order chi connectivity index (χ1) is 9.19. The van der Waals surface area contributed by atoms with Crippen molar-refractivity contribution in [3.63, 3.8) is 0 Å². The van der Waals surface area contributed by atoms with Crippen LogP contribution in [0.1, 0.15) is 16.8 Å². The number of nitriles is 1. The zero-order chi connectivity index (χ0) is 13.7. The predicted molar refractivity (Wildman–Crippen MR) is 70.1 cm³/mol. The Kier molecular flexibility index (Phi) is 4.04. The molecule has 0 saturated heterocycles. The maximum absolute atomic E-state index is 12.9. The second-order valence-electron chi connectivity index (χ2n) is 4.16. The van der Waals surface area contributed by atoms with Crippen molar-refractivity contribution < 1.29 is 4.39 Å². The van der Waals surface area contributed by atoms with Crippen LogP contribution in [0.2, 0.25) is 0 Å². The Morgan fingerprint density at radius 2 is 2.11 bits per heavy atom. The fourth-order valence-electron chi connectivity index (χ4n) is 1.75. The number of rotatable bonds is 4. The minimum atomic E-state index is -0.216. The van der Waals surface area contributed by atoms with Gasteiger partial charge in [-0.05, 0) is 48.7 Å². The Morgan fingerprint density at radius 1 is 1.26 bits per heavy atom. The van der Waals surface area contributed by atoms with Gasteiger partial charge in [0.1, 0.15) is 17.7 Å². The molecule has 0 fully saturated rings. The molecule has 2 rings (SSSR count). The fraction of sp³-hybridized carbons (Fsp3) is 0.214. The maximum atomic E-state index is 12.9. The van der Waals surface area contributed by atoms with Crippen LogP contribution in [-0.2, 0) is 6.42 Å². The zero-order valence-corrected chi connectivity index (χ0v) is 10.5. The standard InChI is InChI=1S/C14H13FN4/c1-10-8-12(15)3-2-11(10)6-7-17-14-5-4-13(9-16)18-19-14/h2-5,8H,6-7H2,1H3,(H,17,19). The molecule has 0 aliphatic heterocycles. The summed E-state index contributed by atoms with van der Waals surface area (Å²) in [4.78, 5) is 0. The third kappa shape index (κ3) is 3.49. The molecule has 5 heteroatoms. The van der Waals surface area contributed by atoms with E-state index in [0.29, 0.717) is 18.1 Å². The Morgan fingerprint density at radius 3 is 2.74 bits per heavy atom. The summed E-state index contributed by atoms with van der Waals surface area (Å²) in [5.41, 5.74) is 2.32. The SMILES string of the molecule is Cc1cc(F)ccc1CCNc1ccc(C#N)nn1. The van der Waals surface area contributed by atoms with Gasteiger partial charge >= 0.3 is 0 Å². The minimum Gasteiger partial charge on any atom is -0.368 e. The second-order valence-corrected chi connectivity index (χ2v) is 4.16. The van der Waals surface area contributed by atoms with E-state index in [-0.39, 0.29) is 5.82 Å². The highest BCUT2D eigenvalue weighted by atomic mass is 19.1. The van der Waals surface area contributed by atoms with Crippen LogP contribution in [0, 0.1) is 24.1 Å². The molecule has 0 amide bonds. The Hall–Kier alpha value is -2.48. The predicted octanol–water partition coefficient (Wildman–Crippen LogP) is 2.45. The minimum absolute atomic E-state index is 0.216. The topological polar surface area (TPSA) is 61.6 Å². The van der Waals surface area contributed by atoms with E-state index in [1.165, 1.54) is 12.1 Å². The van der Waals surface area contributed by atoms with Gasteiger partial charge in [0.2, 0.25) is 0 Å². The van der Waals surface area contributed by atoms with Crippen molar-refractivity contribution in [1.82, 2.24) is 10.2 Å². The molecule has 0 unspecified atom stereocenters. The van der Waals surface area contributed by atoms with E-state index in [1.807, 2.05) is 13.0 Å². The van der Waals surface area contributed by atoms with Crippen LogP contribution in [0.4, 0.5) is 10.2 Å². The van der Waals surface area contributed by atoms with Gasteiger partial charge in [-0.3, -0.25) is 0 Å². The highest BCUT2D eigenvalue weighted by Gasteiger charge is 2.01. The molecule has 1 aromatic heterocycles. The molecule has 0 radical (unpaired) electrons. The molecule has 4 nitrogen and oxygen atoms in total. The van der Waals surface area contributed by atoms with Crippen molar-refractivity contribution in [3.8, 4) is 6.07 Å². The molecule has 96 valence electrons. The molecular weight excluding hydrogens is 243 g/mol. The molecule has 0 spiro atoms. The summed E-state index contributed by atoms with van der Waals surface area (Å²) in [6.45, 7) is 2.56. The van der Waals surface area contributed by atoms with Crippen molar-refractivity contribution >= 4 is 5.82 Å². The zero-order valence-electron chi connectivity index (χ0n) is 10.5. The van der Waals surface area contributed by atoms with Gasteiger partial charge in [-0.2, -0.15) is 5.26 Å². The van der Waals surface area contributed by atoms with Gasteiger partial charge < -0.3 is 5.32 Å².